The van der Waals surface area contributed by atoms with Crippen LogP contribution in [-0.2, 0) is 4.79 Å². The van der Waals surface area contributed by atoms with Gasteiger partial charge in [0.1, 0.15) is 6.29 Å². The van der Waals surface area contributed by atoms with Gasteiger partial charge in [0.25, 0.3) is 0 Å². The highest BCUT2D eigenvalue weighted by molar-refractivity contribution is 5.50. The molecule has 0 aliphatic rings. The molecule has 0 bridgehead atoms. The lowest BCUT2D eigenvalue weighted by molar-refractivity contribution is -0.108. The van der Waals surface area contributed by atoms with Crippen molar-refractivity contribution in [2.75, 3.05) is 6.54 Å². The summed E-state index contributed by atoms with van der Waals surface area (Å²) in [6, 6.07) is 0.309. The molecular formula is C7H14NO. The molecule has 1 atom stereocenters. The maximum absolute atomic E-state index is 9.92. The summed E-state index contributed by atoms with van der Waals surface area (Å²) >= 11 is 0. The van der Waals surface area contributed by atoms with Gasteiger partial charge in [-0.05, 0) is 19.9 Å². The van der Waals surface area contributed by atoms with E-state index in [1.807, 2.05) is 6.92 Å². The first-order chi connectivity index (χ1) is 4.31. The van der Waals surface area contributed by atoms with Crippen LogP contribution in [-0.4, -0.2) is 18.9 Å². The van der Waals surface area contributed by atoms with Gasteiger partial charge in [-0.2, -0.15) is 0 Å². The van der Waals surface area contributed by atoms with Crippen molar-refractivity contribution in [3.63, 3.8) is 0 Å². The van der Waals surface area contributed by atoms with Gasteiger partial charge in [-0.25, -0.2) is 0 Å². The highest BCUT2D eigenvalue weighted by Crippen LogP contribution is 1.84. The Morgan fingerprint density at radius 2 is 2.44 bits per heavy atom. The average molecular weight is 128 g/mol. The van der Waals surface area contributed by atoms with Gasteiger partial charge in [-0.15, -0.1) is 0 Å². The predicted octanol–water partition coefficient (Wildman–Crippen LogP) is 0.778. The number of hydrogen-bond donors (Lipinski definition) is 1. The first-order valence-electron chi connectivity index (χ1n) is 3.27. The Bertz CT molecular complexity index is 73.3. The lowest BCUT2D eigenvalue weighted by Crippen LogP contribution is -2.26. The average Bonchev–Trinajstić information content (AvgIpc) is 1.85. The maximum atomic E-state index is 9.92. The minimum Gasteiger partial charge on any atom is -0.314 e. The van der Waals surface area contributed by atoms with Gasteiger partial charge in [0, 0.05) is 12.5 Å². The van der Waals surface area contributed by atoms with E-state index in [1.165, 1.54) is 0 Å². The van der Waals surface area contributed by atoms with Crippen LogP contribution < -0.4 is 5.32 Å². The SMILES string of the molecule is [CH2]CCNC(C)CC=O. The molecule has 9 heavy (non-hydrogen) atoms. The van der Waals surface area contributed by atoms with Crippen molar-refractivity contribution in [1.82, 2.24) is 5.32 Å². The molecular weight excluding hydrogens is 114 g/mol. The Labute approximate surface area is 56.6 Å². The Morgan fingerprint density at radius 1 is 1.78 bits per heavy atom. The van der Waals surface area contributed by atoms with Crippen molar-refractivity contribution in [3.05, 3.63) is 6.92 Å². The third kappa shape index (κ3) is 5.50. The summed E-state index contributed by atoms with van der Waals surface area (Å²) in [5.74, 6) is 0. The van der Waals surface area contributed by atoms with E-state index in [0.29, 0.717) is 12.5 Å². The molecule has 1 radical (unpaired) electrons. The van der Waals surface area contributed by atoms with Crippen molar-refractivity contribution < 1.29 is 4.79 Å². The van der Waals surface area contributed by atoms with Gasteiger partial charge in [0.15, 0.2) is 0 Å². The van der Waals surface area contributed by atoms with Crippen molar-refractivity contribution in [2.24, 2.45) is 0 Å². The fraction of sp³-hybridized carbons (Fsp3) is 0.714. The van der Waals surface area contributed by atoms with Gasteiger partial charge in [0.2, 0.25) is 0 Å². The summed E-state index contributed by atoms with van der Waals surface area (Å²) in [6.07, 6.45) is 2.41. The predicted molar refractivity (Wildman–Crippen MR) is 38.1 cm³/mol. The molecule has 0 amide bonds. The molecule has 0 spiro atoms. The van der Waals surface area contributed by atoms with Crippen LogP contribution in [0.5, 0.6) is 0 Å². The second kappa shape index (κ2) is 5.76. The summed E-state index contributed by atoms with van der Waals surface area (Å²) in [7, 11) is 0. The Kier molecular flexibility index (Phi) is 5.52. The zero-order valence-corrected chi connectivity index (χ0v) is 5.89. The smallest absolute Gasteiger partial charge is 0.121 e. The van der Waals surface area contributed by atoms with E-state index < -0.39 is 0 Å². The Balaban J connectivity index is 3.04. The van der Waals surface area contributed by atoms with Crippen molar-refractivity contribution >= 4 is 6.29 Å². The summed E-state index contributed by atoms with van der Waals surface area (Å²) in [4.78, 5) is 9.92. The molecule has 0 aliphatic carbocycles. The molecule has 1 N–H and O–H groups in total. The zero-order valence-electron chi connectivity index (χ0n) is 5.89. The minimum absolute atomic E-state index is 0.309. The fourth-order valence-electron chi connectivity index (χ4n) is 0.576. The van der Waals surface area contributed by atoms with E-state index in [2.05, 4.69) is 12.2 Å². The molecule has 0 aliphatic heterocycles. The second-order valence-corrected chi connectivity index (χ2v) is 2.11. The minimum atomic E-state index is 0.309. The molecule has 1 unspecified atom stereocenters. The molecule has 0 aromatic heterocycles. The van der Waals surface area contributed by atoms with Gasteiger partial charge in [0.05, 0.1) is 0 Å². The van der Waals surface area contributed by atoms with Crippen molar-refractivity contribution in [1.29, 1.82) is 0 Å². The molecule has 0 rings (SSSR count). The standard InChI is InChI=1S/C7H14NO/c1-3-5-8-7(2)4-6-9/h6-8H,1,3-5H2,2H3. The van der Waals surface area contributed by atoms with E-state index in [0.717, 1.165) is 19.3 Å². The fourth-order valence-corrected chi connectivity index (χ4v) is 0.576. The number of carbonyl (C=O) groups is 1. The zero-order chi connectivity index (χ0) is 7.11. The Morgan fingerprint density at radius 3 is 2.89 bits per heavy atom. The van der Waals surface area contributed by atoms with Crippen LogP contribution in [0, 0.1) is 6.92 Å². The number of rotatable bonds is 5. The molecule has 0 saturated heterocycles. The normalized spacial score (nSPS) is 13.1. The quantitative estimate of drug-likeness (QED) is 0.554. The van der Waals surface area contributed by atoms with E-state index in [1.54, 1.807) is 0 Å². The third-order valence-electron chi connectivity index (χ3n) is 1.12. The van der Waals surface area contributed by atoms with Gasteiger partial charge >= 0.3 is 0 Å². The second-order valence-electron chi connectivity index (χ2n) is 2.11. The van der Waals surface area contributed by atoms with Gasteiger partial charge in [-0.3, -0.25) is 0 Å². The van der Waals surface area contributed by atoms with Crippen LogP contribution in [0.3, 0.4) is 0 Å². The van der Waals surface area contributed by atoms with Crippen LogP contribution in [0.2, 0.25) is 0 Å². The van der Waals surface area contributed by atoms with E-state index in [-0.39, 0.29) is 0 Å². The monoisotopic (exact) mass is 128 g/mol. The first-order valence-corrected chi connectivity index (χ1v) is 3.27. The molecule has 0 saturated carbocycles. The summed E-state index contributed by atoms with van der Waals surface area (Å²) in [5.41, 5.74) is 0. The molecule has 0 aromatic rings. The van der Waals surface area contributed by atoms with Gasteiger partial charge < -0.3 is 10.1 Å². The van der Waals surface area contributed by atoms with Crippen LogP contribution >= 0.6 is 0 Å². The number of hydrogen-bond acceptors (Lipinski definition) is 2. The molecule has 0 fully saturated rings. The lowest BCUT2D eigenvalue weighted by Gasteiger charge is -2.07. The van der Waals surface area contributed by atoms with Crippen LogP contribution in [0.25, 0.3) is 0 Å². The van der Waals surface area contributed by atoms with Crippen LogP contribution in [0.4, 0.5) is 0 Å². The number of nitrogens with one attached hydrogen (secondary N) is 1. The topological polar surface area (TPSA) is 29.1 Å². The summed E-state index contributed by atoms with van der Waals surface area (Å²) in [6.45, 7) is 6.55. The van der Waals surface area contributed by atoms with Crippen LogP contribution in [0.1, 0.15) is 19.8 Å². The Hall–Kier alpha value is -0.370. The highest BCUT2D eigenvalue weighted by atomic mass is 16.1. The number of aldehydes is 1. The highest BCUT2D eigenvalue weighted by Gasteiger charge is 1.95. The van der Waals surface area contributed by atoms with E-state index >= 15 is 0 Å². The summed E-state index contributed by atoms with van der Waals surface area (Å²) in [5, 5.41) is 3.14. The van der Waals surface area contributed by atoms with Crippen molar-refractivity contribution in [2.45, 2.75) is 25.8 Å². The number of carbonyl (C=O) groups excluding carboxylic acids is 1. The molecule has 2 nitrogen and oxygen atoms in total. The largest absolute Gasteiger partial charge is 0.314 e. The maximum Gasteiger partial charge on any atom is 0.121 e. The molecule has 0 aromatic carbocycles. The van der Waals surface area contributed by atoms with E-state index in [4.69, 9.17) is 0 Å². The lowest BCUT2D eigenvalue weighted by atomic mass is 10.2. The summed E-state index contributed by atoms with van der Waals surface area (Å²) < 4.78 is 0. The molecule has 53 valence electrons. The van der Waals surface area contributed by atoms with Crippen molar-refractivity contribution in [3.8, 4) is 0 Å². The third-order valence-corrected chi connectivity index (χ3v) is 1.12. The van der Waals surface area contributed by atoms with Gasteiger partial charge in [-0.1, -0.05) is 6.92 Å². The van der Waals surface area contributed by atoms with Crippen LogP contribution in [0.15, 0.2) is 0 Å². The molecule has 0 heterocycles. The molecule has 2 heteroatoms. The van der Waals surface area contributed by atoms with E-state index in [9.17, 15) is 4.79 Å². The first kappa shape index (κ1) is 8.63.